The number of H-pyrrole nitrogens is 2. The molecule has 1 aliphatic heterocycles. The number of nitrogens with one attached hydrogen (secondary N) is 3. The second-order valence-corrected chi connectivity index (χ2v) is 12.2. The Morgan fingerprint density at radius 3 is 2.74 bits per heavy atom. The molecule has 6 aromatic rings. The Labute approximate surface area is 239 Å². The van der Waals surface area contributed by atoms with Gasteiger partial charge in [-0.2, -0.15) is 5.10 Å². The van der Waals surface area contributed by atoms with Crippen molar-refractivity contribution in [2.24, 2.45) is 5.73 Å². The van der Waals surface area contributed by atoms with E-state index in [0.717, 1.165) is 52.8 Å². The molecule has 1 aliphatic rings. The number of nitrogens with two attached hydrogens (primary N) is 1. The number of rotatable bonds is 7. The zero-order chi connectivity index (χ0) is 29.0. The molecule has 0 atom stereocenters. The van der Waals surface area contributed by atoms with Crippen molar-refractivity contribution < 1.29 is 12.8 Å². The average molecular weight is 585 g/mol. The summed E-state index contributed by atoms with van der Waals surface area (Å²) in [5, 5.41) is 8.99. The molecule has 0 bridgehead atoms. The van der Waals surface area contributed by atoms with Crippen LogP contribution in [0.25, 0.3) is 55.8 Å². The van der Waals surface area contributed by atoms with E-state index in [1.165, 1.54) is 12.1 Å². The summed E-state index contributed by atoms with van der Waals surface area (Å²) in [6.07, 6.45) is 7.84. The molecule has 0 amide bonds. The first-order chi connectivity index (χ1) is 20.2. The predicted molar refractivity (Wildman–Crippen MR) is 157 cm³/mol. The molecule has 1 saturated heterocycles. The molecule has 1 fully saturated rings. The Morgan fingerprint density at radius 2 is 1.93 bits per heavy atom. The molecule has 1 aromatic carbocycles. The van der Waals surface area contributed by atoms with Gasteiger partial charge in [0.15, 0.2) is 5.65 Å². The van der Waals surface area contributed by atoms with Gasteiger partial charge in [0.2, 0.25) is 10.0 Å². The van der Waals surface area contributed by atoms with Crippen molar-refractivity contribution in [2.75, 3.05) is 24.2 Å². The third-order valence-electron chi connectivity index (χ3n) is 7.17. The van der Waals surface area contributed by atoms with Crippen LogP contribution in [0, 0.1) is 5.82 Å². The zero-order valence-electron chi connectivity index (χ0n) is 22.3. The standard InChI is InChI=1S/C28H25FN10O2S/c1-42(40,41)34-9-15-4-16(6-18(29)5-15)20-2-3-32-27-21(20)8-23(36-27)26-22-7-17(10-33-28(22)38-37-26)24-11-31-12-25(35-24)39-13-19(30)14-39/h2-8,10-12,19,34H,9,13-14,30H2,1H3,(H,32,36)(H,33,37,38). The largest absolute Gasteiger partial charge is 0.352 e. The molecular formula is C28H25FN10O2S. The van der Waals surface area contributed by atoms with E-state index in [1.807, 2.05) is 12.1 Å². The smallest absolute Gasteiger partial charge is 0.209 e. The Bertz CT molecular complexity index is 2090. The van der Waals surface area contributed by atoms with E-state index < -0.39 is 15.8 Å². The van der Waals surface area contributed by atoms with Crippen molar-refractivity contribution in [1.82, 2.24) is 39.8 Å². The molecule has 0 spiro atoms. The summed E-state index contributed by atoms with van der Waals surface area (Å²) in [7, 11) is -3.43. The summed E-state index contributed by atoms with van der Waals surface area (Å²) in [5.41, 5.74) is 11.8. The molecule has 0 radical (unpaired) electrons. The van der Waals surface area contributed by atoms with Crippen LogP contribution in [0.4, 0.5) is 10.2 Å². The van der Waals surface area contributed by atoms with Gasteiger partial charge in [0.1, 0.15) is 17.3 Å². The lowest BCUT2D eigenvalue weighted by Gasteiger charge is -2.37. The molecule has 6 heterocycles. The summed E-state index contributed by atoms with van der Waals surface area (Å²) in [6, 6.07) is 10.3. The topological polar surface area (TPSA) is 171 Å². The van der Waals surface area contributed by atoms with Crippen LogP contribution in [0.1, 0.15) is 5.56 Å². The van der Waals surface area contributed by atoms with Gasteiger partial charge in [0, 0.05) is 54.4 Å². The molecular weight excluding hydrogens is 559 g/mol. The molecule has 212 valence electrons. The Kier molecular flexibility index (Phi) is 6.18. The molecule has 42 heavy (non-hydrogen) atoms. The Morgan fingerprint density at radius 1 is 1.07 bits per heavy atom. The fraction of sp³-hybridized carbons (Fsp3) is 0.179. The average Bonchev–Trinajstić information content (AvgIpc) is 3.57. The van der Waals surface area contributed by atoms with Crippen molar-refractivity contribution in [2.45, 2.75) is 12.6 Å². The maximum absolute atomic E-state index is 14.6. The minimum atomic E-state index is -3.43. The van der Waals surface area contributed by atoms with Crippen LogP contribution >= 0.6 is 0 Å². The summed E-state index contributed by atoms with van der Waals surface area (Å²) in [4.78, 5) is 23.6. The summed E-state index contributed by atoms with van der Waals surface area (Å²) < 4.78 is 40.1. The Balaban J connectivity index is 1.26. The number of aromatic nitrogens is 7. The normalized spacial score (nSPS) is 14.1. The fourth-order valence-corrected chi connectivity index (χ4v) is 5.56. The lowest BCUT2D eigenvalue weighted by molar-refractivity contribution is 0.514. The monoisotopic (exact) mass is 584 g/mol. The number of hydrogen-bond acceptors (Lipinski definition) is 9. The fourth-order valence-electron chi connectivity index (χ4n) is 5.13. The van der Waals surface area contributed by atoms with E-state index in [-0.39, 0.29) is 12.6 Å². The van der Waals surface area contributed by atoms with E-state index >= 15 is 0 Å². The molecule has 12 nitrogen and oxygen atoms in total. The minimum Gasteiger partial charge on any atom is -0.352 e. The van der Waals surface area contributed by atoms with Crippen LogP contribution in [-0.2, 0) is 16.6 Å². The van der Waals surface area contributed by atoms with Crippen molar-refractivity contribution in [1.29, 1.82) is 0 Å². The van der Waals surface area contributed by atoms with Crippen LogP contribution < -0.4 is 15.4 Å². The minimum absolute atomic E-state index is 0.0233. The van der Waals surface area contributed by atoms with E-state index in [2.05, 4.69) is 39.8 Å². The van der Waals surface area contributed by atoms with Gasteiger partial charge in [-0.3, -0.25) is 10.1 Å². The SMILES string of the molecule is CS(=O)(=O)NCc1cc(F)cc(-c2ccnc3[nH]c(-c4[nH]nc5ncc(-c6cncc(N7CC(N)C7)n6)cc45)cc23)c1. The molecule has 5 N–H and O–H groups in total. The third-order valence-corrected chi connectivity index (χ3v) is 7.84. The predicted octanol–water partition coefficient (Wildman–Crippen LogP) is 2.96. The lowest BCUT2D eigenvalue weighted by Crippen LogP contribution is -2.56. The number of hydrogen-bond donors (Lipinski definition) is 4. The molecule has 7 rings (SSSR count). The van der Waals surface area contributed by atoms with Crippen molar-refractivity contribution >= 4 is 37.9 Å². The second kappa shape index (κ2) is 9.94. The van der Waals surface area contributed by atoms with E-state index in [9.17, 15) is 12.8 Å². The van der Waals surface area contributed by atoms with Crippen LogP contribution in [-0.4, -0.2) is 68.9 Å². The number of aromatic amines is 2. The van der Waals surface area contributed by atoms with Crippen LogP contribution in [0.2, 0.25) is 0 Å². The van der Waals surface area contributed by atoms with Gasteiger partial charge in [-0.05, 0) is 53.1 Å². The summed E-state index contributed by atoms with van der Waals surface area (Å²) in [6.45, 7) is 1.46. The van der Waals surface area contributed by atoms with Crippen molar-refractivity contribution in [3.63, 3.8) is 0 Å². The number of benzene rings is 1. The van der Waals surface area contributed by atoms with E-state index in [4.69, 9.17) is 10.7 Å². The van der Waals surface area contributed by atoms with Gasteiger partial charge in [-0.1, -0.05) is 0 Å². The molecule has 14 heteroatoms. The maximum atomic E-state index is 14.6. The van der Waals surface area contributed by atoms with E-state index in [0.29, 0.717) is 33.8 Å². The number of pyridine rings is 2. The van der Waals surface area contributed by atoms with Gasteiger partial charge >= 0.3 is 0 Å². The van der Waals surface area contributed by atoms with Gasteiger partial charge in [-0.25, -0.2) is 32.5 Å². The number of fused-ring (bicyclic) bond motifs is 2. The highest BCUT2D eigenvalue weighted by Gasteiger charge is 2.25. The summed E-state index contributed by atoms with van der Waals surface area (Å²) >= 11 is 0. The van der Waals surface area contributed by atoms with Crippen molar-refractivity contribution in [3.05, 3.63) is 72.6 Å². The van der Waals surface area contributed by atoms with Gasteiger partial charge < -0.3 is 15.6 Å². The third kappa shape index (κ3) is 4.95. The maximum Gasteiger partial charge on any atom is 0.209 e. The van der Waals surface area contributed by atoms with Gasteiger partial charge in [-0.15, -0.1) is 0 Å². The van der Waals surface area contributed by atoms with E-state index in [1.54, 1.807) is 36.9 Å². The van der Waals surface area contributed by atoms with Crippen molar-refractivity contribution in [3.8, 4) is 33.8 Å². The first-order valence-corrected chi connectivity index (χ1v) is 15.0. The van der Waals surface area contributed by atoms with Gasteiger partial charge in [0.05, 0.1) is 35.7 Å². The molecule has 5 aromatic heterocycles. The highest BCUT2D eigenvalue weighted by atomic mass is 32.2. The van der Waals surface area contributed by atoms with Crippen LogP contribution in [0.5, 0.6) is 0 Å². The summed E-state index contributed by atoms with van der Waals surface area (Å²) in [5.74, 6) is 0.296. The second-order valence-electron chi connectivity index (χ2n) is 10.4. The highest BCUT2D eigenvalue weighted by Crippen LogP contribution is 2.34. The highest BCUT2D eigenvalue weighted by molar-refractivity contribution is 7.88. The number of sulfonamides is 1. The zero-order valence-corrected chi connectivity index (χ0v) is 23.2. The molecule has 0 aliphatic carbocycles. The quantitative estimate of drug-likeness (QED) is 0.220. The number of anilines is 1. The van der Waals surface area contributed by atoms with Gasteiger partial charge in [0.25, 0.3) is 0 Å². The van der Waals surface area contributed by atoms with Crippen LogP contribution in [0.3, 0.4) is 0 Å². The number of halogens is 1. The van der Waals surface area contributed by atoms with Crippen LogP contribution in [0.15, 0.2) is 61.2 Å². The lowest BCUT2D eigenvalue weighted by atomic mass is 10.0. The Hall–Kier alpha value is -4.79. The number of nitrogens with zero attached hydrogens (tertiary/aromatic N) is 6. The molecule has 0 saturated carbocycles. The first-order valence-electron chi connectivity index (χ1n) is 13.1. The first kappa shape index (κ1) is 26.1. The molecule has 0 unspecified atom stereocenters.